The molecule has 0 saturated carbocycles. The number of nitrogens with two attached hydrogens (primary N) is 1. The highest BCUT2D eigenvalue weighted by atomic mass is 32.2. The van der Waals surface area contributed by atoms with Gasteiger partial charge in [-0.3, -0.25) is 4.99 Å². The molecule has 3 aromatic rings. The highest BCUT2D eigenvalue weighted by molar-refractivity contribution is 7.93. The van der Waals surface area contributed by atoms with E-state index in [9.17, 15) is 8.42 Å². The summed E-state index contributed by atoms with van der Waals surface area (Å²) in [6.45, 7) is 5.03. The number of benzene rings is 2. The van der Waals surface area contributed by atoms with Crippen LogP contribution < -0.4 is 5.73 Å². The molecule has 1 aliphatic rings. The van der Waals surface area contributed by atoms with Crippen LogP contribution >= 0.6 is 11.3 Å². The molecule has 1 aromatic heterocycles. The summed E-state index contributed by atoms with van der Waals surface area (Å²) in [5, 5.41) is 9.14. The molecule has 0 bridgehead atoms. The predicted molar refractivity (Wildman–Crippen MR) is 126 cm³/mol. The fraction of sp³-hybridized carbons (Fsp3) is 0.250. The molecule has 0 fully saturated rings. The Kier molecular flexibility index (Phi) is 5.23. The number of thiophene rings is 1. The summed E-state index contributed by atoms with van der Waals surface area (Å²) < 4.78 is 40.7. The van der Waals surface area contributed by atoms with Gasteiger partial charge < -0.3 is 5.73 Å². The van der Waals surface area contributed by atoms with E-state index in [-0.39, 0.29) is 16.5 Å². The van der Waals surface area contributed by atoms with Crippen molar-refractivity contribution in [1.82, 2.24) is 0 Å². The molecule has 8 heteroatoms. The number of rotatable bonds is 3. The molecule has 0 spiro atoms. The maximum atomic E-state index is 15.1. The van der Waals surface area contributed by atoms with Gasteiger partial charge >= 0.3 is 0 Å². The molecular formula is C24H22FN3O2S2. The Balaban J connectivity index is 1.84. The molecule has 2 heterocycles. The van der Waals surface area contributed by atoms with Crippen LogP contribution in [-0.4, -0.2) is 20.0 Å². The van der Waals surface area contributed by atoms with E-state index in [2.05, 4.69) is 11.1 Å². The number of sulfone groups is 1. The van der Waals surface area contributed by atoms with Gasteiger partial charge in [0.1, 0.15) is 17.2 Å². The summed E-state index contributed by atoms with van der Waals surface area (Å²) in [6, 6.07) is 17.4. The quantitative estimate of drug-likeness (QED) is 0.606. The number of nitrogens with zero attached hydrogens (tertiary/aromatic N) is 2. The third-order valence-electron chi connectivity index (χ3n) is 5.97. The summed E-state index contributed by atoms with van der Waals surface area (Å²) in [4.78, 5) is 5.37. The minimum atomic E-state index is -3.84. The van der Waals surface area contributed by atoms with Gasteiger partial charge in [0, 0.05) is 4.88 Å². The number of aryl methyl sites for hydroxylation is 1. The smallest absolute Gasteiger partial charge is 0.169 e. The van der Waals surface area contributed by atoms with Crippen LogP contribution in [-0.2, 0) is 20.1 Å². The van der Waals surface area contributed by atoms with Crippen LogP contribution in [0.3, 0.4) is 0 Å². The maximum absolute atomic E-state index is 15.1. The predicted octanol–water partition coefficient (Wildman–Crippen LogP) is 4.65. The van der Waals surface area contributed by atoms with Crippen molar-refractivity contribution in [2.45, 2.75) is 31.1 Å². The van der Waals surface area contributed by atoms with Gasteiger partial charge in [-0.1, -0.05) is 42.0 Å². The van der Waals surface area contributed by atoms with Crippen LogP contribution in [0.2, 0.25) is 0 Å². The SMILES string of the molecule is Cc1cccc([C@]2(C)C(N)=N[C@](C)(c3sc(-c4cccc(C#N)c4)cc3F)CS2(=O)=O)c1. The van der Waals surface area contributed by atoms with Crippen molar-refractivity contribution >= 4 is 27.0 Å². The first kappa shape index (κ1) is 22.2. The molecule has 0 aliphatic carbocycles. The lowest BCUT2D eigenvalue weighted by atomic mass is 9.95. The first-order valence-electron chi connectivity index (χ1n) is 9.96. The minimum Gasteiger partial charge on any atom is -0.386 e. The van der Waals surface area contributed by atoms with E-state index < -0.39 is 25.9 Å². The molecule has 32 heavy (non-hydrogen) atoms. The Hall–Kier alpha value is -3.02. The van der Waals surface area contributed by atoms with Crippen molar-refractivity contribution in [3.05, 3.63) is 82.0 Å². The third-order valence-corrected chi connectivity index (χ3v) is 10.0. The molecule has 0 amide bonds. The number of nitriles is 1. The van der Waals surface area contributed by atoms with E-state index in [1.54, 1.807) is 56.3 Å². The van der Waals surface area contributed by atoms with E-state index in [4.69, 9.17) is 11.0 Å². The molecular weight excluding hydrogens is 445 g/mol. The van der Waals surface area contributed by atoms with E-state index in [1.807, 2.05) is 13.0 Å². The zero-order valence-corrected chi connectivity index (χ0v) is 19.5. The van der Waals surface area contributed by atoms with Gasteiger partial charge in [0.15, 0.2) is 14.6 Å². The van der Waals surface area contributed by atoms with Gasteiger partial charge in [-0.15, -0.1) is 11.3 Å². The van der Waals surface area contributed by atoms with Gasteiger partial charge in [0.25, 0.3) is 0 Å². The van der Waals surface area contributed by atoms with Gasteiger partial charge in [0.05, 0.1) is 22.3 Å². The van der Waals surface area contributed by atoms with Crippen molar-refractivity contribution in [2.24, 2.45) is 10.7 Å². The fourth-order valence-electron chi connectivity index (χ4n) is 4.08. The molecule has 0 unspecified atom stereocenters. The standard InChI is InChI=1S/C24H22FN3O2S2/c1-15-6-4-9-18(10-15)24(3)22(27)28-23(2,14-32(24,29)30)21-19(25)12-20(31-21)17-8-5-7-16(11-17)13-26/h4-12H,14H2,1-3H3,(H2,27,28)/t23-,24+/m0/s1. The van der Waals surface area contributed by atoms with Crippen LogP contribution in [0.4, 0.5) is 4.39 Å². The molecule has 0 radical (unpaired) electrons. The van der Waals surface area contributed by atoms with Crippen molar-refractivity contribution < 1.29 is 12.8 Å². The van der Waals surface area contributed by atoms with Crippen molar-refractivity contribution in [1.29, 1.82) is 5.26 Å². The average molecular weight is 468 g/mol. The van der Waals surface area contributed by atoms with E-state index in [0.717, 1.165) is 16.9 Å². The topological polar surface area (TPSA) is 96.3 Å². The first-order valence-corrected chi connectivity index (χ1v) is 12.4. The zero-order valence-electron chi connectivity index (χ0n) is 17.9. The summed E-state index contributed by atoms with van der Waals surface area (Å²) in [7, 11) is -3.84. The molecule has 2 atom stereocenters. The molecule has 0 saturated heterocycles. The van der Waals surface area contributed by atoms with Crippen molar-refractivity contribution in [2.75, 3.05) is 5.75 Å². The lowest BCUT2D eigenvalue weighted by Crippen LogP contribution is -2.54. The van der Waals surface area contributed by atoms with Gasteiger partial charge in [-0.25, -0.2) is 12.8 Å². The Morgan fingerprint density at radius 2 is 1.88 bits per heavy atom. The molecule has 2 N–H and O–H groups in total. The number of halogens is 1. The lowest BCUT2D eigenvalue weighted by Gasteiger charge is -2.39. The minimum absolute atomic E-state index is 0.0577. The fourth-order valence-corrected chi connectivity index (χ4v) is 7.38. The Morgan fingerprint density at radius 1 is 1.16 bits per heavy atom. The van der Waals surface area contributed by atoms with Crippen LogP contribution in [0, 0.1) is 24.1 Å². The van der Waals surface area contributed by atoms with Crippen LogP contribution in [0.1, 0.15) is 35.4 Å². The largest absolute Gasteiger partial charge is 0.386 e. The van der Waals surface area contributed by atoms with Crippen LogP contribution in [0.15, 0.2) is 59.6 Å². The highest BCUT2D eigenvalue weighted by Crippen LogP contribution is 2.46. The third kappa shape index (κ3) is 3.42. The van der Waals surface area contributed by atoms with Gasteiger partial charge in [0.2, 0.25) is 0 Å². The number of hydrogen-bond acceptors (Lipinski definition) is 6. The molecule has 164 valence electrons. The van der Waals surface area contributed by atoms with E-state index >= 15 is 4.39 Å². The molecule has 5 nitrogen and oxygen atoms in total. The lowest BCUT2D eigenvalue weighted by molar-refractivity contribution is 0.483. The molecule has 1 aliphatic heterocycles. The number of aliphatic imine (C=N–C) groups is 1. The van der Waals surface area contributed by atoms with Crippen LogP contribution in [0.25, 0.3) is 10.4 Å². The number of hydrogen-bond donors (Lipinski definition) is 1. The summed E-state index contributed by atoms with van der Waals surface area (Å²) in [5.41, 5.74) is 7.55. The molecule has 2 aromatic carbocycles. The Morgan fingerprint density at radius 3 is 2.53 bits per heavy atom. The normalized spacial score (nSPS) is 24.5. The zero-order chi connectivity index (χ0) is 23.3. The van der Waals surface area contributed by atoms with Crippen molar-refractivity contribution in [3.8, 4) is 16.5 Å². The second-order valence-corrected chi connectivity index (χ2v) is 11.8. The summed E-state index contributed by atoms with van der Waals surface area (Å²) in [6.07, 6.45) is 0. The monoisotopic (exact) mass is 467 g/mol. The number of amidine groups is 1. The second kappa shape index (κ2) is 7.54. The second-order valence-electron chi connectivity index (χ2n) is 8.41. The van der Waals surface area contributed by atoms with Crippen molar-refractivity contribution in [3.63, 3.8) is 0 Å². The van der Waals surface area contributed by atoms with Gasteiger partial charge in [-0.2, -0.15) is 5.26 Å². The highest BCUT2D eigenvalue weighted by Gasteiger charge is 2.53. The van der Waals surface area contributed by atoms with Crippen LogP contribution in [0.5, 0.6) is 0 Å². The summed E-state index contributed by atoms with van der Waals surface area (Å²) in [5.74, 6) is -0.973. The Labute approximate surface area is 191 Å². The maximum Gasteiger partial charge on any atom is 0.169 e. The van der Waals surface area contributed by atoms with Gasteiger partial charge in [-0.05, 0) is 50.1 Å². The molecule has 4 rings (SSSR count). The average Bonchev–Trinajstić information content (AvgIpc) is 3.14. The summed E-state index contributed by atoms with van der Waals surface area (Å²) >= 11 is 1.13. The van der Waals surface area contributed by atoms with E-state index in [0.29, 0.717) is 21.6 Å². The Bertz CT molecular complexity index is 1400. The van der Waals surface area contributed by atoms with E-state index in [1.165, 1.54) is 6.07 Å². The first-order chi connectivity index (χ1) is 15.0.